The SMILES string of the molecule is C[C@H](CCOc1cccc(CC(=O)N2CCOCC2)c1)N(Cc1cccc(C(F)(F)F)c1Cl)C(C)(c1ccccc1)c1ccccc1. The van der Waals surface area contributed by atoms with Crippen LogP contribution in [-0.4, -0.2) is 54.7 Å². The number of morpholine rings is 1. The van der Waals surface area contributed by atoms with Gasteiger partial charge in [0.1, 0.15) is 5.75 Å². The fourth-order valence-electron chi connectivity index (χ4n) is 6.23. The van der Waals surface area contributed by atoms with E-state index < -0.39 is 17.3 Å². The van der Waals surface area contributed by atoms with Crippen LogP contribution in [0.5, 0.6) is 5.75 Å². The van der Waals surface area contributed by atoms with Crippen LogP contribution in [0.2, 0.25) is 5.02 Å². The van der Waals surface area contributed by atoms with Gasteiger partial charge in [-0.1, -0.05) is 96.5 Å². The van der Waals surface area contributed by atoms with Crippen LogP contribution in [0.4, 0.5) is 13.2 Å². The van der Waals surface area contributed by atoms with E-state index in [0.717, 1.165) is 22.8 Å². The van der Waals surface area contributed by atoms with Gasteiger partial charge in [-0.05, 0) is 60.7 Å². The third kappa shape index (κ3) is 8.36. The minimum atomic E-state index is -4.57. The molecule has 1 aliphatic heterocycles. The number of hydrogen-bond acceptors (Lipinski definition) is 4. The first-order chi connectivity index (χ1) is 22.6. The molecule has 0 unspecified atom stereocenters. The molecule has 0 aliphatic carbocycles. The van der Waals surface area contributed by atoms with Crippen molar-refractivity contribution in [2.24, 2.45) is 0 Å². The predicted octanol–water partition coefficient (Wildman–Crippen LogP) is 8.38. The maximum absolute atomic E-state index is 13.9. The number of carbonyl (C=O) groups is 1. The van der Waals surface area contributed by atoms with Gasteiger partial charge in [-0.3, -0.25) is 9.69 Å². The Labute approximate surface area is 279 Å². The van der Waals surface area contributed by atoms with Crippen molar-refractivity contribution < 1.29 is 27.4 Å². The Bertz CT molecular complexity index is 1570. The molecule has 1 heterocycles. The quantitative estimate of drug-likeness (QED) is 0.153. The lowest BCUT2D eigenvalue weighted by Gasteiger charge is -2.46. The minimum Gasteiger partial charge on any atom is -0.494 e. The van der Waals surface area contributed by atoms with Crippen molar-refractivity contribution in [2.45, 2.75) is 51.0 Å². The average molecular weight is 665 g/mol. The highest BCUT2D eigenvalue weighted by Gasteiger charge is 2.40. The molecule has 5 rings (SSSR count). The number of hydrogen-bond donors (Lipinski definition) is 0. The van der Waals surface area contributed by atoms with Crippen LogP contribution in [0.15, 0.2) is 103 Å². The van der Waals surface area contributed by atoms with E-state index in [4.69, 9.17) is 21.1 Å². The van der Waals surface area contributed by atoms with Gasteiger partial charge in [0.15, 0.2) is 0 Å². The molecule has 1 amide bonds. The third-order valence-corrected chi connectivity index (χ3v) is 9.37. The summed E-state index contributed by atoms with van der Waals surface area (Å²) >= 11 is 6.46. The maximum Gasteiger partial charge on any atom is 0.417 e. The van der Waals surface area contributed by atoms with Gasteiger partial charge in [-0.15, -0.1) is 0 Å². The first-order valence-corrected chi connectivity index (χ1v) is 16.2. The summed E-state index contributed by atoms with van der Waals surface area (Å²) in [6.45, 7) is 6.99. The molecule has 9 heteroatoms. The second-order valence-electron chi connectivity index (χ2n) is 12.0. The molecule has 4 aromatic rings. The number of nitrogens with zero attached hydrogens (tertiary/aromatic N) is 2. The van der Waals surface area contributed by atoms with Gasteiger partial charge in [0, 0.05) is 25.7 Å². The standard InChI is InChI=1S/C38H40ClF3N2O3/c1-28(19-22-47-33-17-9-11-29(25-33)26-35(45)43-20-23-46-24-21-43)44(27-30-12-10-18-34(36(30)39)38(40,41)42)37(2,31-13-5-3-6-14-31)32-15-7-4-8-16-32/h3-18,25,28H,19-24,26-27H2,1-2H3/t28-/m1/s1. The zero-order valence-electron chi connectivity index (χ0n) is 26.7. The molecule has 5 nitrogen and oxygen atoms in total. The fraction of sp³-hybridized carbons (Fsp3) is 0.342. The zero-order chi connectivity index (χ0) is 33.4. The molecule has 0 spiro atoms. The highest BCUT2D eigenvalue weighted by Crippen LogP contribution is 2.41. The van der Waals surface area contributed by atoms with Gasteiger partial charge in [0.2, 0.25) is 5.91 Å². The monoisotopic (exact) mass is 664 g/mol. The van der Waals surface area contributed by atoms with E-state index in [1.165, 1.54) is 6.07 Å². The molecule has 0 N–H and O–H groups in total. The van der Waals surface area contributed by atoms with Gasteiger partial charge in [0.25, 0.3) is 0 Å². The fourth-order valence-corrected chi connectivity index (χ4v) is 6.52. The van der Waals surface area contributed by atoms with Crippen LogP contribution in [-0.2, 0) is 34.2 Å². The number of amides is 1. The Balaban J connectivity index is 1.40. The summed E-state index contributed by atoms with van der Waals surface area (Å²) < 4.78 is 53.2. The van der Waals surface area contributed by atoms with Crippen LogP contribution >= 0.6 is 11.6 Å². The van der Waals surface area contributed by atoms with Crippen LogP contribution in [0, 0.1) is 0 Å². The highest BCUT2D eigenvalue weighted by atomic mass is 35.5. The van der Waals surface area contributed by atoms with Gasteiger partial charge < -0.3 is 14.4 Å². The van der Waals surface area contributed by atoms with Crippen molar-refractivity contribution in [2.75, 3.05) is 32.9 Å². The number of benzene rings is 4. The molecule has 4 aromatic carbocycles. The van der Waals surface area contributed by atoms with Crippen LogP contribution in [0.1, 0.15) is 48.1 Å². The van der Waals surface area contributed by atoms with Crippen LogP contribution < -0.4 is 4.74 Å². The summed E-state index contributed by atoms with van der Waals surface area (Å²) in [6, 6.07) is 31.4. The second kappa shape index (κ2) is 15.4. The summed E-state index contributed by atoms with van der Waals surface area (Å²) in [5, 5.41) is -0.291. The number of ether oxygens (including phenoxy) is 2. The number of alkyl halides is 3. The molecule has 1 saturated heterocycles. The van der Waals surface area contributed by atoms with E-state index in [1.807, 2.05) is 89.8 Å². The Morgan fingerprint density at radius 1 is 0.915 bits per heavy atom. The Kier molecular flexibility index (Phi) is 11.3. The lowest BCUT2D eigenvalue weighted by atomic mass is 9.81. The van der Waals surface area contributed by atoms with E-state index in [2.05, 4.69) is 18.7 Å². The number of rotatable bonds is 12. The van der Waals surface area contributed by atoms with Crippen molar-refractivity contribution in [1.29, 1.82) is 0 Å². The summed E-state index contributed by atoms with van der Waals surface area (Å²) in [5.41, 5.74) is 1.69. The molecule has 0 bridgehead atoms. The van der Waals surface area contributed by atoms with Crippen LogP contribution in [0.3, 0.4) is 0 Å². The first kappa shape index (κ1) is 34.5. The summed E-state index contributed by atoms with van der Waals surface area (Å²) in [4.78, 5) is 16.8. The van der Waals surface area contributed by atoms with E-state index in [1.54, 1.807) is 6.07 Å². The first-order valence-electron chi connectivity index (χ1n) is 15.9. The molecule has 0 saturated carbocycles. The highest BCUT2D eigenvalue weighted by molar-refractivity contribution is 6.32. The Morgan fingerprint density at radius 2 is 1.53 bits per heavy atom. The number of carbonyl (C=O) groups excluding carboxylic acids is 1. The van der Waals surface area contributed by atoms with E-state index in [-0.39, 0.29) is 29.9 Å². The maximum atomic E-state index is 13.9. The molecule has 0 radical (unpaired) electrons. The molecule has 0 aromatic heterocycles. The Hall–Kier alpha value is -3.85. The van der Waals surface area contributed by atoms with E-state index in [0.29, 0.717) is 50.6 Å². The molecule has 1 atom stereocenters. The molecule has 248 valence electrons. The third-order valence-electron chi connectivity index (χ3n) is 8.93. The predicted molar refractivity (Wildman–Crippen MR) is 178 cm³/mol. The average Bonchev–Trinajstić information content (AvgIpc) is 3.08. The van der Waals surface area contributed by atoms with Crippen molar-refractivity contribution in [3.63, 3.8) is 0 Å². The molecule has 47 heavy (non-hydrogen) atoms. The summed E-state index contributed by atoms with van der Waals surface area (Å²) in [5.74, 6) is 0.718. The molecule has 1 fully saturated rings. The molecular weight excluding hydrogens is 625 g/mol. The van der Waals surface area contributed by atoms with Gasteiger partial charge >= 0.3 is 6.18 Å². The Morgan fingerprint density at radius 3 is 2.15 bits per heavy atom. The largest absolute Gasteiger partial charge is 0.494 e. The second-order valence-corrected chi connectivity index (χ2v) is 12.4. The summed E-state index contributed by atoms with van der Waals surface area (Å²) in [6.07, 6.45) is -3.71. The van der Waals surface area contributed by atoms with Crippen molar-refractivity contribution in [3.05, 3.63) is 136 Å². The van der Waals surface area contributed by atoms with Crippen molar-refractivity contribution in [3.8, 4) is 5.75 Å². The van der Waals surface area contributed by atoms with E-state index in [9.17, 15) is 18.0 Å². The minimum absolute atomic E-state index is 0.0593. The summed E-state index contributed by atoms with van der Waals surface area (Å²) in [7, 11) is 0. The van der Waals surface area contributed by atoms with E-state index >= 15 is 0 Å². The zero-order valence-corrected chi connectivity index (χ0v) is 27.4. The van der Waals surface area contributed by atoms with Crippen molar-refractivity contribution in [1.82, 2.24) is 9.80 Å². The molecule has 1 aliphatic rings. The van der Waals surface area contributed by atoms with Gasteiger partial charge in [-0.2, -0.15) is 13.2 Å². The normalized spacial score (nSPS) is 14.7. The smallest absolute Gasteiger partial charge is 0.417 e. The van der Waals surface area contributed by atoms with Crippen LogP contribution in [0.25, 0.3) is 0 Å². The van der Waals surface area contributed by atoms with Gasteiger partial charge in [0.05, 0.1) is 42.4 Å². The van der Waals surface area contributed by atoms with Crippen molar-refractivity contribution >= 4 is 17.5 Å². The molecular formula is C38H40ClF3N2O3. The lowest BCUT2D eigenvalue weighted by molar-refractivity contribution is -0.137. The number of halogens is 4. The lowest BCUT2D eigenvalue weighted by Crippen LogP contribution is -2.49. The topological polar surface area (TPSA) is 42.0 Å². The van der Waals surface area contributed by atoms with Gasteiger partial charge in [-0.25, -0.2) is 0 Å².